The molecule has 1 heterocycles. The number of nitrogens with zero attached hydrogens (tertiary/aromatic N) is 1. The van der Waals surface area contributed by atoms with Gasteiger partial charge in [-0.25, -0.2) is 0 Å². The number of halogens is 1. The van der Waals surface area contributed by atoms with Crippen LogP contribution >= 0.6 is 39.9 Å². The number of thiocarbonyl (C=S) groups is 1. The Morgan fingerprint density at radius 2 is 2.05 bits per heavy atom. The van der Waals surface area contributed by atoms with Crippen LogP contribution in [0.25, 0.3) is 0 Å². The predicted octanol–water partition coefficient (Wildman–Crippen LogP) is 4.23. The van der Waals surface area contributed by atoms with Gasteiger partial charge in [-0.15, -0.1) is 0 Å². The number of phenolic OH excluding ortho intramolecular Hbond substituents is 1. The van der Waals surface area contributed by atoms with Gasteiger partial charge in [0, 0.05) is 17.6 Å². The van der Waals surface area contributed by atoms with Gasteiger partial charge in [0.05, 0.1) is 10.8 Å². The van der Waals surface area contributed by atoms with Crippen LogP contribution in [-0.2, 0) is 0 Å². The lowest BCUT2D eigenvalue weighted by atomic mass is 10.1. The first-order valence-electron chi connectivity index (χ1n) is 6.97. The zero-order valence-electron chi connectivity index (χ0n) is 11.8. The van der Waals surface area contributed by atoms with Gasteiger partial charge in [0.25, 0.3) is 0 Å². The minimum absolute atomic E-state index is 0.0135. The van der Waals surface area contributed by atoms with Crippen molar-refractivity contribution in [2.24, 2.45) is 0 Å². The Hall–Kier alpha value is -0.590. The molecule has 2 rings (SSSR count). The molecular weight excluding hydrogens is 370 g/mol. The van der Waals surface area contributed by atoms with Crippen molar-refractivity contribution >= 4 is 50.0 Å². The Morgan fingerprint density at radius 1 is 1.38 bits per heavy atom. The van der Waals surface area contributed by atoms with Crippen molar-refractivity contribution in [3.8, 4) is 5.75 Å². The molecule has 0 aliphatic carbocycles. The number of phenols is 1. The third kappa shape index (κ3) is 4.44. The second-order valence-electron chi connectivity index (χ2n) is 5.10. The van der Waals surface area contributed by atoms with Crippen molar-refractivity contribution < 1.29 is 9.90 Å². The summed E-state index contributed by atoms with van der Waals surface area (Å²) in [6.07, 6.45) is 3.58. The average Bonchev–Trinajstić information content (AvgIpc) is 2.49. The number of carbonyl (C=O) groups excluding carboxylic acids is 1. The summed E-state index contributed by atoms with van der Waals surface area (Å²) in [4.78, 5) is 14.6. The number of hydrogen-bond acceptors (Lipinski definition) is 4. The van der Waals surface area contributed by atoms with E-state index in [2.05, 4.69) is 20.8 Å². The van der Waals surface area contributed by atoms with Gasteiger partial charge in [-0.1, -0.05) is 39.9 Å². The Bertz CT molecular complexity index is 544. The number of rotatable bonds is 3. The van der Waals surface area contributed by atoms with Crippen LogP contribution in [0.3, 0.4) is 0 Å². The van der Waals surface area contributed by atoms with Crippen LogP contribution in [0.15, 0.2) is 22.7 Å². The molecule has 1 saturated heterocycles. The van der Waals surface area contributed by atoms with E-state index in [4.69, 9.17) is 12.2 Å². The molecule has 3 nitrogen and oxygen atoms in total. The number of hydrogen-bond donors (Lipinski definition) is 1. The lowest BCUT2D eigenvalue weighted by molar-refractivity contribution is 0.0991. The molecule has 1 atom stereocenters. The van der Waals surface area contributed by atoms with Crippen LogP contribution in [0.1, 0.15) is 36.5 Å². The Kier molecular flexibility index (Phi) is 6.08. The highest BCUT2D eigenvalue weighted by molar-refractivity contribution is 9.10. The molecule has 1 aliphatic heterocycles. The van der Waals surface area contributed by atoms with E-state index < -0.39 is 0 Å². The van der Waals surface area contributed by atoms with Gasteiger partial charge >= 0.3 is 0 Å². The summed E-state index contributed by atoms with van der Waals surface area (Å²) < 4.78 is 1.56. The fourth-order valence-corrected chi connectivity index (χ4v) is 4.13. The molecule has 1 fully saturated rings. The van der Waals surface area contributed by atoms with E-state index in [1.807, 2.05) is 6.92 Å². The van der Waals surface area contributed by atoms with Crippen LogP contribution in [0.2, 0.25) is 0 Å². The van der Waals surface area contributed by atoms with Crippen LogP contribution in [0, 0.1) is 0 Å². The molecule has 0 saturated carbocycles. The molecule has 0 unspecified atom stereocenters. The molecule has 6 heteroatoms. The summed E-state index contributed by atoms with van der Waals surface area (Å²) in [5.41, 5.74) is 0.339. The minimum atomic E-state index is -0.306. The molecule has 1 aliphatic rings. The highest BCUT2D eigenvalue weighted by atomic mass is 79.9. The first-order valence-corrected chi connectivity index (χ1v) is 9.05. The van der Waals surface area contributed by atoms with Crippen LogP contribution < -0.4 is 0 Å². The highest BCUT2D eigenvalue weighted by Gasteiger charge is 2.23. The molecule has 0 amide bonds. The lowest BCUT2D eigenvalue weighted by Gasteiger charge is -2.29. The van der Waals surface area contributed by atoms with E-state index >= 15 is 0 Å². The maximum absolute atomic E-state index is 12.5. The minimum Gasteiger partial charge on any atom is -0.507 e. The van der Waals surface area contributed by atoms with Crippen LogP contribution in [-0.4, -0.2) is 38.4 Å². The fourth-order valence-electron chi connectivity index (χ4n) is 2.28. The van der Waals surface area contributed by atoms with Crippen molar-refractivity contribution in [1.29, 1.82) is 0 Å². The monoisotopic (exact) mass is 387 g/mol. The third-order valence-electron chi connectivity index (χ3n) is 3.49. The van der Waals surface area contributed by atoms with Gasteiger partial charge in [-0.3, -0.25) is 4.79 Å². The molecule has 1 N–H and O–H groups in total. The summed E-state index contributed by atoms with van der Waals surface area (Å²) >= 11 is 10.2. The van der Waals surface area contributed by atoms with Gasteiger partial charge in [-0.2, -0.15) is 0 Å². The normalized spacial score (nSPS) is 16.6. The summed E-state index contributed by atoms with van der Waals surface area (Å²) in [6, 6.07) is 4.89. The molecule has 21 heavy (non-hydrogen) atoms. The number of benzene rings is 1. The molecule has 0 aromatic heterocycles. The lowest BCUT2D eigenvalue weighted by Crippen LogP contribution is -2.34. The van der Waals surface area contributed by atoms with Crippen molar-refractivity contribution in [2.75, 3.05) is 13.1 Å². The van der Waals surface area contributed by atoms with E-state index in [-0.39, 0.29) is 16.8 Å². The summed E-state index contributed by atoms with van der Waals surface area (Å²) in [6.45, 7) is 3.80. The van der Waals surface area contributed by atoms with Crippen molar-refractivity contribution in [3.63, 3.8) is 0 Å². The number of aromatic hydroxyl groups is 1. The Labute approximate surface area is 143 Å². The number of carbonyl (C=O) groups is 1. The van der Waals surface area contributed by atoms with Crippen molar-refractivity contribution in [1.82, 2.24) is 4.90 Å². The van der Waals surface area contributed by atoms with E-state index in [0.29, 0.717) is 5.56 Å². The first kappa shape index (κ1) is 16.8. The summed E-state index contributed by atoms with van der Waals surface area (Å²) in [7, 11) is 0. The number of piperidine rings is 1. The standard InChI is InChI=1S/C15H18BrNO2S2/c1-10(21-15(20)17-7-3-2-4-8-17)14(19)12-9-11(16)5-6-13(12)18/h5-6,9-10,18H,2-4,7-8H2,1H3/t10-/m0/s1. The smallest absolute Gasteiger partial charge is 0.179 e. The number of Topliss-reactive ketones (excluding diaryl/α,β-unsaturated/α-hetero) is 1. The van der Waals surface area contributed by atoms with E-state index in [9.17, 15) is 9.90 Å². The Morgan fingerprint density at radius 3 is 2.71 bits per heavy atom. The quantitative estimate of drug-likeness (QED) is 0.620. The Balaban J connectivity index is 2.02. The second-order valence-corrected chi connectivity index (χ2v) is 7.99. The van der Waals surface area contributed by atoms with Gasteiger partial charge in [-0.05, 0) is 44.4 Å². The SMILES string of the molecule is C[C@H](SC(=S)N1CCCCC1)C(=O)c1cc(Br)ccc1O. The molecule has 0 spiro atoms. The molecule has 0 bridgehead atoms. The van der Waals surface area contributed by atoms with Gasteiger partial charge < -0.3 is 10.0 Å². The van der Waals surface area contributed by atoms with Gasteiger partial charge in [0.15, 0.2) is 5.78 Å². The number of ketones is 1. The number of likely N-dealkylation sites (tertiary alicyclic amines) is 1. The zero-order chi connectivity index (χ0) is 15.4. The number of thioether (sulfide) groups is 1. The molecule has 1 aromatic rings. The molecule has 114 valence electrons. The average molecular weight is 388 g/mol. The van der Waals surface area contributed by atoms with Crippen LogP contribution in [0.5, 0.6) is 5.75 Å². The third-order valence-corrected chi connectivity index (χ3v) is 5.55. The molecular formula is C15H18BrNO2S2. The summed E-state index contributed by atoms with van der Waals surface area (Å²) in [5.74, 6) is -0.0855. The van der Waals surface area contributed by atoms with E-state index in [1.54, 1.807) is 12.1 Å². The highest BCUT2D eigenvalue weighted by Crippen LogP contribution is 2.28. The molecule has 1 aromatic carbocycles. The first-order chi connectivity index (χ1) is 9.99. The topological polar surface area (TPSA) is 40.5 Å². The van der Waals surface area contributed by atoms with Crippen molar-refractivity contribution in [2.45, 2.75) is 31.4 Å². The second kappa shape index (κ2) is 7.61. The fraction of sp³-hybridized carbons (Fsp3) is 0.467. The predicted molar refractivity (Wildman–Crippen MR) is 95.2 cm³/mol. The maximum Gasteiger partial charge on any atom is 0.179 e. The zero-order valence-corrected chi connectivity index (χ0v) is 15.1. The van der Waals surface area contributed by atoms with E-state index in [0.717, 1.165) is 34.7 Å². The van der Waals surface area contributed by atoms with Gasteiger partial charge in [0.2, 0.25) is 0 Å². The van der Waals surface area contributed by atoms with Gasteiger partial charge in [0.1, 0.15) is 10.1 Å². The summed E-state index contributed by atoms with van der Waals surface area (Å²) in [5, 5.41) is 9.54. The largest absolute Gasteiger partial charge is 0.507 e. The maximum atomic E-state index is 12.5. The van der Waals surface area contributed by atoms with Crippen molar-refractivity contribution in [3.05, 3.63) is 28.2 Å². The van der Waals surface area contributed by atoms with E-state index in [1.165, 1.54) is 24.2 Å². The molecule has 0 radical (unpaired) electrons. The van der Waals surface area contributed by atoms with Crippen LogP contribution in [0.4, 0.5) is 0 Å².